The van der Waals surface area contributed by atoms with Gasteiger partial charge in [0.2, 0.25) is 0 Å². The Bertz CT molecular complexity index is 487. The van der Waals surface area contributed by atoms with Gasteiger partial charge < -0.3 is 4.74 Å². The fourth-order valence-corrected chi connectivity index (χ4v) is 4.66. The normalized spacial score (nSPS) is 50.9. The van der Waals surface area contributed by atoms with E-state index in [0.29, 0.717) is 11.3 Å². The SMILES string of the molecule is C=C1C2CC2C2(C)CC3OC(=O)C(C)=C3CC12. The number of allylic oxidation sites excluding steroid dienone is 1. The number of carbonyl (C=O) groups excluding carboxylic acids is 1. The summed E-state index contributed by atoms with van der Waals surface area (Å²) in [7, 11) is 0. The summed E-state index contributed by atoms with van der Waals surface area (Å²) < 4.78 is 5.51. The van der Waals surface area contributed by atoms with E-state index in [2.05, 4.69) is 13.5 Å². The Kier molecular flexibility index (Phi) is 1.56. The second-order valence-corrected chi connectivity index (χ2v) is 6.53. The van der Waals surface area contributed by atoms with Crippen molar-refractivity contribution in [2.24, 2.45) is 23.2 Å². The molecule has 0 radical (unpaired) electrons. The molecule has 0 amide bonds. The molecule has 2 nitrogen and oxygen atoms in total. The molecular formula is C15H18O2. The van der Waals surface area contributed by atoms with E-state index in [1.807, 2.05) is 6.92 Å². The van der Waals surface area contributed by atoms with Gasteiger partial charge in [-0.3, -0.25) is 0 Å². The Morgan fingerprint density at radius 1 is 1.47 bits per heavy atom. The Labute approximate surface area is 102 Å². The van der Waals surface area contributed by atoms with Crippen molar-refractivity contribution in [1.29, 1.82) is 0 Å². The third-order valence-corrected chi connectivity index (χ3v) is 5.83. The average Bonchev–Trinajstić information content (AvgIpc) is 2.99. The number of ether oxygens (including phenoxy) is 1. The summed E-state index contributed by atoms with van der Waals surface area (Å²) in [6, 6.07) is 0. The fraction of sp³-hybridized carbons (Fsp3) is 0.667. The van der Waals surface area contributed by atoms with E-state index >= 15 is 0 Å². The highest BCUT2D eigenvalue weighted by Crippen LogP contribution is 2.71. The molecule has 3 fully saturated rings. The average molecular weight is 230 g/mol. The third kappa shape index (κ3) is 1.00. The minimum Gasteiger partial charge on any atom is -0.454 e. The number of carbonyl (C=O) groups is 1. The molecule has 0 aromatic rings. The molecule has 3 saturated carbocycles. The van der Waals surface area contributed by atoms with Gasteiger partial charge in [0.1, 0.15) is 6.10 Å². The van der Waals surface area contributed by atoms with Gasteiger partial charge in [0.25, 0.3) is 0 Å². The topological polar surface area (TPSA) is 26.3 Å². The van der Waals surface area contributed by atoms with Crippen LogP contribution < -0.4 is 0 Å². The first-order chi connectivity index (χ1) is 8.02. The minimum absolute atomic E-state index is 0.0795. The predicted molar refractivity (Wildman–Crippen MR) is 64.1 cm³/mol. The summed E-state index contributed by atoms with van der Waals surface area (Å²) in [5.41, 5.74) is 3.93. The van der Waals surface area contributed by atoms with Crippen molar-refractivity contribution in [3.05, 3.63) is 23.3 Å². The van der Waals surface area contributed by atoms with Crippen molar-refractivity contribution in [3.63, 3.8) is 0 Å². The van der Waals surface area contributed by atoms with Crippen LogP contribution in [0, 0.1) is 23.2 Å². The molecule has 1 heterocycles. The van der Waals surface area contributed by atoms with Gasteiger partial charge in [-0.2, -0.15) is 0 Å². The van der Waals surface area contributed by atoms with Crippen LogP contribution >= 0.6 is 0 Å². The zero-order valence-corrected chi connectivity index (χ0v) is 10.5. The molecular weight excluding hydrogens is 212 g/mol. The molecule has 5 atom stereocenters. The van der Waals surface area contributed by atoms with Gasteiger partial charge in [0.15, 0.2) is 0 Å². The van der Waals surface area contributed by atoms with Crippen LogP contribution in [0.4, 0.5) is 0 Å². The second kappa shape index (κ2) is 2.68. The summed E-state index contributed by atoms with van der Waals surface area (Å²) in [6.07, 6.45) is 3.45. The van der Waals surface area contributed by atoms with E-state index in [9.17, 15) is 4.79 Å². The molecule has 4 aliphatic rings. The van der Waals surface area contributed by atoms with Gasteiger partial charge in [-0.25, -0.2) is 4.79 Å². The number of rotatable bonds is 0. The lowest BCUT2D eigenvalue weighted by Gasteiger charge is -2.42. The van der Waals surface area contributed by atoms with Crippen molar-refractivity contribution in [2.75, 3.05) is 0 Å². The summed E-state index contributed by atoms with van der Waals surface area (Å²) in [4.78, 5) is 11.6. The first-order valence-corrected chi connectivity index (χ1v) is 6.61. The maximum Gasteiger partial charge on any atom is 0.334 e. The first-order valence-electron chi connectivity index (χ1n) is 6.61. The van der Waals surface area contributed by atoms with E-state index in [-0.39, 0.29) is 12.1 Å². The van der Waals surface area contributed by atoms with Gasteiger partial charge in [-0.05, 0) is 54.9 Å². The van der Waals surface area contributed by atoms with Gasteiger partial charge in [-0.1, -0.05) is 19.1 Å². The van der Waals surface area contributed by atoms with Crippen molar-refractivity contribution in [1.82, 2.24) is 0 Å². The largest absolute Gasteiger partial charge is 0.454 e. The molecule has 2 heteroatoms. The van der Waals surface area contributed by atoms with Crippen LogP contribution in [0.1, 0.15) is 33.1 Å². The van der Waals surface area contributed by atoms with Crippen molar-refractivity contribution in [3.8, 4) is 0 Å². The van der Waals surface area contributed by atoms with E-state index in [4.69, 9.17) is 4.74 Å². The van der Waals surface area contributed by atoms with Gasteiger partial charge in [-0.15, -0.1) is 0 Å². The quantitative estimate of drug-likeness (QED) is 0.472. The molecule has 90 valence electrons. The standard InChI is InChI=1S/C15H18O2/c1-7-9-4-12(9)15(3)6-13-10(5-11(7)15)8(2)14(16)17-13/h9,11-13H,1,4-6H2,2-3H3. The van der Waals surface area contributed by atoms with Crippen LogP contribution in [-0.2, 0) is 9.53 Å². The summed E-state index contributed by atoms with van der Waals surface area (Å²) in [5.74, 6) is 2.11. The maximum atomic E-state index is 11.6. The molecule has 0 spiro atoms. The molecule has 0 aromatic carbocycles. The summed E-state index contributed by atoms with van der Waals surface area (Å²) in [6.45, 7) is 8.62. The zero-order chi connectivity index (χ0) is 11.9. The zero-order valence-electron chi connectivity index (χ0n) is 10.5. The minimum atomic E-state index is -0.0912. The van der Waals surface area contributed by atoms with E-state index in [1.54, 1.807) is 0 Å². The lowest BCUT2D eigenvalue weighted by atomic mass is 9.63. The van der Waals surface area contributed by atoms with Crippen LogP contribution in [0.3, 0.4) is 0 Å². The van der Waals surface area contributed by atoms with Crippen LogP contribution in [0.5, 0.6) is 0 Å². The number of hydrogen-bond donors (Lipinski definition) is 0. The highest BCUT2D eigenvalue weighted by atomic mass is 16.5. The lowest BCUT2D eigenvalue weighted by Crippen LogP contribution is -2.37. The summed E-state index contributed by atoms with van der Waals surface area (Å²) >= 11 is 0. The van der Waals surface area contributed by atoms with Crippen LogP contribution in [-0.4, -0.2) is 12.1 Å². The third-order valence-electron chi connectivity index (χ3n) is 5.83. The Hall–Kier alpha value is -1.05. The first kappa shape index (κ1) is 9.93. The Morgan fingerprint density at radius 3 is 3.00 bits per heavy atom. The van der Waals surface area contributed by atoms with Gasteiger partial charge >= 0.3 is 5.97 Å². The second-order valence-electron chi connectivity index (χ2n) is 6.53. The molecule has 17 heavy (non-hydrogen) atoms. The molecule has 0 N–H and O–H groups in total. The molecule has 3 aliphatic carbocycles. The Balaban J connectivity index is 1.77. The van der Waals surface area contributed by atoms with Crippen LogP contribution in [0.2, 0.25) is 0 Å². The van der Waals surface area contributed by atoms with Crippen molar-refractivity contribution >= 4 is 5.97 Å². The molecule has 5 unspecified atom stereocenters. The predicted octanol–water partition coefficient (Wildman–Crippen LogP) is 2.85. The van der Waals surface area contributed by atoms with Crippen LogP contribution in [0.15, 0.2) is 23.3 Å². The molecule has 0 saturated heterocycles. The van der Waals surface area contributed by atoms with Crippen molar-refractivity contribution in [2.45, 2.75) is 39.2 Å². The van der Waals surface area contributed by atoms with E-state index in [0.717, 1.165) is 30.3 Å². The molecule has 1 aliphatic heterocycles. The molecule has 0 aromatic heterocycles. The van der Waals surface area contributed by atoms with Gasteiger partial charge in [0.05, 0.1) is 0 Å². The number of esters is 1. The van der Waals surface area contributed by atoms with E-state index in [1.165, 1.54) is 17.6 Å². The molecule has 4 rings (SSSR count). The lowest BCUT2D eigenvalue weighted by molar-refractivity contribution is -0.141. The maximum absolute atomic E-state index is 11.6. The number of hydrogen-bond acceptors (Lipinski definition) is 2. The smallest absolute Gasteiger partial charge is 0.334 e. The number of fused-ring (bicyclic) bond motifs is 4. The van der Waals surface area contributed by atoms with Crippen molar-refractivity contribution < 1.29 is 9.53 Å². The van der Waals surface area contributed by atoms with E-state index < -0.39 is 0 Å². The van der Waals surface area contributed by atoms with Gasteiger partial charge in [0, 0.05) is 5.57 Å². The Morgan fingerprint density at radius 2 is 2.24 bits per heavy atom. The highest BCUT2D eigenvalue weighted by molar-refractivity contribution is 5.91. The highest BCUT2D eigenvalue weighted by Gasteiger charge is 2.65. The molecule has 0 bridgehead atoms. The van der Waals surface area contributed by atoms with Crippen LogP contribution in [0.25, 0.3) is 0 Å². The monoisotopic (exact) mass is 230 g/mol. The summed E-state index contributed by atoms with van der Waals surface area (Å²) in [5, 5.41) is 0. The fourth-order valence-electron chi connectivity index (χ4n) is 4.66.